The van der Waals surface area contributed by atoms with Gasteiger partial charge in [-0.15, -0.1) is 11.8 Å². The Morgan fingerprint density at radius 2 is 2.33 bits per heavy atom. The number of aliphatic hydroxyl groups is 1. The van der Waals surface area contributed by atoms with Crippen LogP contribution in [0.3, 0.4) is 0 Å². The summed E-state index contributed by atoms with van der Waals surface area (Å²) in [6, 6.07) is 5.96. The van der Waals surface area contributed by atoms with E-state index in [0.29, 0.717) is 5.92 Å². The molecule has 1 aromatic heterocycles. The number of hydrogen-bond donors (Lipinski definition) is 2. The Labute approximate surface area is 113 Å². The Bertz CT molecular complexity index is 356. The molecular weight excluding hydrogens is 244 g/mol. The van der Waals surface area contributed by atoms with Crippen LogP contribution < -0.4 is 5.32 Å². The lowest BCUT2D eigenvalue weighted by Gasteiger charge is -2.33. The molecule has 0 radical (unpaired) electrons. The first-order chi connectivity index (χ1) is 8.80. The van der Waals surface area contributed by atoms with E-state index in [1.165, 1.54) is 12.8 Å². The minimum atomic E-state index is -0.113. The topological polar surface area (TPSA) is 45.1 Å². The average molecular weight is 266 g/mol. The summed E-state index contributed by atoms with van der Waals surface area (Å²) in [5.74, 6) is 1.52. The largest absolute Gasteiger partial charge is 0.394 e. The van der Waals surface area contributed by atoms with Crippen LogP contribution in [0, 0.1) is 5.92 Å². The van der Waals surface area contributed by atoms with E-state index in [0.717, 1.165) is 23.7 Å². The molecule has 0 aromatic carbocycles. The predicted molar refractivity (Wildman–Crippen MR) is 75.8 cm³/mol. The van der Waals surface area contributed by atoms with Gasteiger partial charge in [-0.05, 0) is 43.9 Å². The van der Waals surface area contributed by atoms with Gasteiger partial charge in [0.25, 0.3) is 0 Å². The highest BCUT2D eigenvalue weighted by molar-refractivity contribution is 7.99. The van der Waals surface area contributed by atoms with Crippen LogP contribution in [0.1, 0.15) is 26.2 Å². The fourth-order valence-electron chi connectivity index (χ4n) is 2.19. The van der Waals surface area contributed by atoms with Crippen LogP contribution >= 0.6 is 11.8 Å². The molecule has 1 aliphatic carbocycles. The SMILES string of the molecule is CCCNC(CO)(CSc1ccccn1)C1CC1. The maximum Gasteiger partial charge on any atom is 0.0960 e. The molecule has 0 aliphatic heterocycles. The smallest absolute Gasteiger partial charge is 0.0960 e. The van der Waals surface area contributed by atoms with Gasteiger partial charge in [0.05, 0.1) is 17.2 Å². The minimum Gasteiger partial charge on any atom is -0.394 e. The molecule has 0 spiro atoms. The van der Waals surface area contributed by atoms with E-state index in [4.69, 9.17) is 0 Å². The van der Waals surface area contributed by atoms with Crippen LogP contribution in [0.25, 0.3) is 0 Å². The Morgan fingerprint density at radius 3 is 2.89 bits per heavy atom. The van der Waals surface area contributed by atoms with Crippen molar-refractivity contribution in [3.63, 3.8) is 0 Å². The van der Waals surface area contributed by atoms with Crippen LogP contribution in [0.4, 0.5) is 0 Å². The average Bonchev–Trinajstić information content (AvgIpc) is 3.26. The lowest BCUT2D eigenvalue weighted by molar-refractivity contribution is 0.159. The van der Waals surface area contributed by atoms with Crippen LogP contribution in [-0.4, -0.2) is 34.5 Å². The molecule has 2 N–H and O–H groups in total. The van der Waals surface area contributed by atoms with Crippen molar-refractivity contribution in [2.75, 3.05) is 18.9 Å². The second-order valence-corrected chi connectivity index (χ2v) is 5.97. The highest BCUT2D eigenvalue weighted by Crippen LogP contribution is 2.42. The van der Waals surface area contributed by atoms with E-state index < -0.39 is 0 Å². The summed E-state index contributed by atoms with van der Waals surface area (Å²) < 4.78 is 0. The molecule has 1 aromatic rings. The zero-order chi connectivity index (χ0) is 12.8. The summed E-state index contributed by atoms with van der Waals surface area (Å²) in [4.78, 5) is 4.33. The van der Waals surface area contributed by atoms with Gasteiger partial charge in [-0.2, -0.15) is 0 Å². The van der Waals surface area contributed by atoms with E-state index in [1.54, 1.807) is 11.8 Å². The molecule has 4 heteroatoms. The van der Waals surface area contributed by atoms with Gasteiger partial charge < -0.3 is 10.4 Å². The minimum absolute atomic E-state index is 0.113. The van der Waals surface area contributed by atoms with Gasteiger partial charge in [-0.3, -0.25) is 0 Å². The van der Waals surface area contributed by atoms with Crippen LogP contribution in [-0.2, 0) is 0 Å². The number of nitrogens with one attached hydrogen (secondary N) is 1. The number of rotatable bonds is 8. The number of aliphatic hydroxyl groups excluding tert-OH is 1. The summed E-state index contributed by atoms with van der Waals surface area (Å²) in [6.45, 7) is 3.35. The quantitative estimate of drug-likeness (QED) is 0.709. The Morgan fingerprint density at radius 1 is 1.50 bits per heavy atom. The highest BCUT2D eigenvalue weighted by atomic mass is 32.2. The van der Waals surface area contributed by atoms with E-state index in [9.17, 15) is 5.11 Å². The lowest BCUT2D eigenvalue weighted by Crippen LogP contribution is -2.53. The van der Waals surface area contributed by atoms with Gasteiger partial charge >= 0.3 is 0 Å². The zero-order valence-electron chi connectivity index (χ0n) is 10.9. The molecule has 1 saturated carbocycles. The summed E-state index contributed by atoms with van der Waals surface area (Å²) in [6.07, 6.45) is 5.39. The third kappa shape index (κ3) is 3.46. The normalized spacial score (nSPS) is 18.6. The molecule has 0 amide bonds. The van der Waals surface area contributed by atoms with Crippen molar-refractivity contribution >= 4 is 11.8 Å². The molecule has 2 rings (SSSR count). The first kappa shape index (κ1) is 13.8. The standard InChI is InChI=1S/C14H22N2OS/c1-2-8-16-14(10-17,12-6-7-12)11-18-13-5-3-4-9-15-13/h3-5,9,12,16-17H,2,6-8,10-11H2,1H3. The van der Waals surface area contributed by atoms with E-state index in [1.807, 2.05) is 24.4 Å². The number of nitrogens with zero attached hydrogens (tertiary/aromatic N) is 1. The van der Waals surface area contributed by atoms with Gasteiger partial charge in [0.2, 0.25) is 0 Å². The predicted octanol–water partition coefficient (Wildman–Crippen LogP) is 2.31. The van der Waals surface area contributed by atoms with Crippen molar-refractivity contribution in [2.45, 2.75) is 36.8 Å². The van der Waals surface area contributed by atoms with Crippen molar-refractivity contribution in [2.24, 2.45) is 5.92 Å². The molecule has 18 heavy (non-hydrogen) atoms. The fourth-order valence-corrected chi connectivity index (χ4v) is 3.33. The Balaban J connectivity index is 1.96. The van der Waals surface area contributed by atoms with E-state index >= 15 is 0 Å². The molecular formula is C14H22N2OS. The third-order valence-corrected chi connectivity index (χ3v) is 4.68. The summed E-state index contributed by atoms with van der Waals surface area (Å²) >= 11 is 1.74. The van der Waals surface area contributed by atoms with Crippen LogP contribution in [0.15, 0.2) is 29.4 Å². The van der Waals surface area contributed by atoms with Gasteiger partial charge in [0.1, 0.15) is 0 Å². The number of hydrogen-bond acceptors (Lipinski definition) is 4. The Kier molecular flexibility index (Phi) is 5.03. The molecule has 3 nitrogen and oxygen atoms in total. The molecule has 1 heterocycles. The van der Waals surface area contributed by atoms with Gasteiger partial charge in [-0.1, -0.05) is 13.0 Å². The van der Waals surface area contributed by atoms with Crippen molar-refractivity contribution in [3.05, 3.63) is 24.4 Å². The third-order valence-electron chi connectivity index (χ3n) is 3.48. The van der Waals surface area contributed by atoms with Crippen molar-refractivity contribution < 1.29 is 5.11 Å². The second-order valence-electron chi connectivity index (χ2n) is 4.97. The first-order valence-corrected chi connectivity index (χ1v) is 7.69. The number of thioether (sulfide) groups is 1. The number of aromatic nitrogens is 1. The van der Waals surface area contributed by atoms with E-state index in [2.05, 4.69) is 17.2 Å². The summed E-state index contributed by atoms with van der Waals surface area (Å²) in [7, 11) is 0. The second kappa shape index (κ2) is 6.55. The lowest BCUT2D eigenvalue weighted by atomic mass is 9.96. The highest BCUT2D eigenvalue weighted by Gasteiger charge is 2.44. The van der Waals surface area contributed by atoms with Crippen molar-refractivity contribution in [3.8, 4) is 0 Å². The van der Waals surface area contributed by atoms with Crippen molar-refractivity contribution in [1.82, 2.24) is 10.3 Å². The molecule has 1 atom stereocenters. The van der Waals surface area contributed by atoms with Crippen LogP contribution in [0.5, 0.6) is 0 Å². The molecule has 100 valence electrons. The monoisotopic (exact) mass is 266 g/mol. The maximum absolute atomic E-state index is 9.80. The maximum atomic E-state index is 9.80. The number of pyridine rings is 1. The van der Waals surface area contributed by atoms with Gasteiger partial charge in [-0.25, -0.2) is 4.98 Å². The molecule has 0 saturated heterocycles. The summed E-state index contributed by atoms with van der Waals surface area (Å²) in [5.41, 5.74) is -0.113. The molecule has 1 aliphatic rings. The fraction of sp³-hybridized carbons (Fsp3) is 0.643. The first-order valence-electron chi connectivity index (χ1n) is 6.70. The zero-order valence-corrected chi connectivity index (χ0v) is 11.7. The molecule has 1 unspecified atom stereocenters. The Hall–Kier alpha value is -0.580. The van der Waals surface area contributed by atoms with E-state index in [-0.39, 0.29) is 12.1 Å². The van der Waals surface area contributed by atoms with Crippen molar-refractivity contribution in [1.29, 1.82) is 0 Å². The van der Waals surface area contributed by atoms with Crippen LogP contribution in [0.2, 0.25) is 0 Å². The van der Waals surface area contributed by atoms with Gasteiger partial charge in [0, 0.05) is 11.9 Å². The van der Waals surface area contributed by atoms with Gasteiger partial charge in [0.15, 0.2) is 0 Å². The summed E-state index contributed by atoms with van der Waals surface area (Å²) in [5, 5.41) is 14.4. The molecule has 1 fully saturated rings. The molecule has 0 bridgehead atoms.